The second kappa shape index (κ2) is 4.88. The van der Waals surface area contributed by atoms with Crippen LogP contribution in [0.25, 0.3) is 11.3 Å². The molecule has 1 N–H and O–H groups in total. The molecule has 0 amide bonds. The zero-order valence-electron chi connectivity index (χ0n) is 9.73. The minimum atomic E-state index is 0.629. The lowest BCUT2D eigenvalue weighted by atomic mass is 10.1. The first kappa shape index (κ1) is 10.8. The molecule has 2 heteroatoms. The van der Waals surface area contributed by atoms with E-state index in [2.05, 4.69) is 31.3 Å². The van der Waals surface area contributed by atoms with Gasteiger partial charge < -0.3 is 9.73 Å². The normalized spacial score (nSPS) is 10.7. The van der Waals surface area contributed by atoms with Crippen LogP contribution in [0.15, 0.2) is 47.1 Å². The first-order chi connectivity index (χ1) is 7.77. The predicted octanol–water partition coefficient (Wildman–Crippen LogP) is 4.01. The molecule has 0 bridgehead atoms. The van der Waals surface area contributed by atoms with Crippen molar-refractivity contribution in [2.24, 2.45) is 5.92 Å². The molecule has 0 saturated carbocycles. The highest BCUT2D eigenvalue weighted by molar-refractivity contribution is 5.74. The molecule has 0 spiro atoms. The van der Waals surface area contributed by atoms with Crippen LogP contribution in [0.5, 0.6) is 0 Å². The van der Waals surface area contributed by atoms with E-state index in [1.54, 1.807) is 6.26 Å². The van der Waals surface area contributed by atoms with Crippen molar-refractivity contribution in [2.75, 3.05) is 11.9 Å². The third-order valence-electron chi connectivity index (χ3n) is 2.41. The van der Waals surface area contributed by atoms with Gasteiger partial charge in [0.25, 0.3) is 0 Å². The number of benzene rings is 1. The third kappa shape index (κ3) is 2.45. The van der Waals surface area contributed by atoms with Crippen molar-refractivity contribution < 1.29 is 4.42 Å². The number of anilines is 1. The van der Waals surface area contributed by atoms with Gasteiger partial charge in [-0.2, -0.15) is 0 Å². The summed E-state index contributed by atoms with van der Waals surface area (Å²) in [4.78, 5) is 0. The molecular formula is C14H17NO. The van der Waals surface area contributed by atoms with Gasteiger partial charge in [0.05, 0.1) is 6.26 Å². The number of nitrogens with one attached hydrogen (secondary N) is 1. The fourth-order valence-electron chi connectivity index (χ4n) is 1.60. The number of hydrogen-bond donors (Lipinski definition) is 1. The molecule has 1 heterocycles. The summed E-state index contributed by atoms with van der Waals surface area (Å²) in [6, 6.07) is 12.1. The van der Waals surface area contributed by atoms with Crippen LogP contribution in [0.3, 0.4) is 0 Å². The maximum atomic E-state index is 5.43. The molecule has 0 aliphatic heterocycles. The van der Waals surface area contributed by atoms with Gasteiger partial charge >= 0.3 is 0 Å². The number of para-hydroxylation sites is 1. The van der Waals surface area contributed by atoms with Crippen molar-refractivity contribution in [2.45, 2.75) is 13.8 Å². The minimum absolute atomic E-state index is 0.629. The van der Waals surface area contributed by atoms with E-state index in [-0.39, 0.29) is 0 Å². The highest BCUT2D eigenvalue weighted by Crippen LogP contribution is 2.28. The summed E-state index contributed by atoms with van der Waals surface area (Å²) in [7, 11) is 0. The van der Waals surface area contributed by atoms with Crippen LogP contribution in [-0.4, -0.2) is 6.54 Å². The Bertz CT molecular complexity index is 432. The Hall–Kier alpha value is -1.70. The van der Waals surface area contributed by atoms with Gasteiger partial charge in [-0.3, -0.25) is 0 Å². The summed E-state index contributed by atoms with van der Waals surface area (Å²) in [5.41, 5.74) is 2.25. The Morgan fingerprint density at radius 1 is 1.12 bits per heavy atom. The van der Waals surface area contributed by atoms with Crippen molar-refractivity contribution in [3.8, 4) is 11.3 Å². The maximum Gasteiger partial charge on any atom is 0.135 e. The largest absolute Gasteiger partial charge is 0.464 e. The van der Waals surface area contributed by atoms with Gasteiger partial charge in [-0.1, -0.05) is 26.0 Å². The number of furan rings is 1. The SMILES string of the molecule is CC(C)CNc1ccccc1-c1ccco1. The van der Waals surface area contributed by atoms with E-state index in [0.29, 0.717) is 5.92 Å². The molecule has 2 rings (SSSR count). The lowest BCUT2D eigenvalue weighted by Crippen LogP contribution is -2.08. The Morgan fingerprint density at radius 2 is 1.94 bits per heavy atom. The Labute approximate surface area is 96.3 Å². The average molecular weight is 215 g/mol. The van der Waals surface area contributed by atoms with E-state index in [1.807, 2.05) is 24.3 Å². The molecule has 1 aromatic heterocycles. The zero-order chi connectivity index (χ0) is 11.4. The summed E-state index contributed by atoms with van der Waals surface area (Å²) in [5, 5.41) is 3.44. The lowest BCUT2D eigenvalue weighted by molar-refractivity contribution is 0.582. The lowest BCUT2D eigenvalue weighted by Gasteiger charge is -2.12. The molecule has 2 aromatic rings. The van der Waals surface area contributed by atoms with Crippen LogP contribution in [0.2, 0.25) is 0 Å². The van der Waals surface area contributed by atoms with E-state index in [1.165, 1.54) is 0 Å². The van der Waals surface area contributed by atoms with E-state index >= 15 is 0 Å². The molecule has 0 aliphatic carbocycles. The molecule has 16 heavy (non-hydrogen) atoms. The van der Waals surface area contributed by atoms with Gasteiger partial charge in [0.1, 0.15) is 5.76 Å². The predicted molar refractivity (Wildman–Crippen MR) is 67.5 cm³/mol. The highest BCUT2D eigenvalue weighted by Gasteiger charge is 2.06. The monoisotopic (exact) mass is 215 g/mol. The van der Waals surface area contributed by atoms with E-state index in [9.17, 15) is 0 Å². The molecule has 2 nitrogen and oxygen atoms in total. The van der Waals surface area contributed by atoms with Crippen LogP contribution in [0.4, 0.5) is 5.69 Å². The summed E-state index contributed by atoms with van der Waals surface area (Å²) < 4.78 is 5.43. The molecule has 84 valence electrons. The maximum absolute atomic E-state index is 5.43. The Balaban J connectivity index is 2.24. The topological polar surface area (TPSA) is 25.2 Å². The Morgan fingerprint density at radius 3 is 2.62 bits per heavy atom. The summed E-state index contributed by atoms with van der Waals surface area (Å²) >= 11 is 0. The smallest absolute Gasteiger partial charge is 0.135 e. The van der Waals surface area contributed by atoms with Gasteiger partial charge in [-0.15, -0.1) is 0 Å². The van der Waals surface area contributed by atoms with Crippen LogP contribution in [0, 0.1) is 5.92 Å². The summed E-state index contributed by atoms with van der Waals surface area (Å²) in [5.74, 6) is 1.54. The molecule has 0 atom stereocenters. The van der Waals surface area contributed by atoms with Crippen LogP contribution >= 0.6 is 0 Å². The molecule has 0 unspecified atom stereocenters. The fraction of sp³-hybridized carbons (Fsp3) is 0.286. The van der Waals surface area contributed by atoms with Gasteiger partial charge in [-0.25, -0.2) is 0 Å². The van der Waals surface area contributed by atoms with E-state index < -0.39 is 0 Å². The highest BCUT2D eigenvalue weighted by atomic mass is 16.3. The average Bonchev–Trinajstić information content (AvgIpc) is 2.80. The first-order valence-corrected chi connectivity index (χ1v) is 5.64. The minimum Gasteiger partial charge on any atom is -0.464 e. The van der Waals surface area contributed by atoms with Crippen molar-refractivity contribution in [1.29, 1.82) is 0 Å². The van der Waals surface area contributed by atoms with Crippen LogP contribution in [0.1, 0.15) is 13.8 Å². The second-order valence-electron chi connectivity index (χ2n) is 4.30. The Kier molecular flexibility index (Phi) is 3.30. The first-order valence-electron chi connectivity index (χ1n) is 5.64. The van der Waals surface area contributed by atoms with Crippen molar-refractivity contribution in [3.63, 3.8) is 0 Å². The number of rotatable bonds is 4. The van der Waals surface area contributed by atoms with Gasteiger partial charge in [-0.05, 0) is 30.2 Å². The van der Waals surface area contributed by atoms with Gasteiger partial charge in [0.2, 0.25) is 0 Å². The quantitative estimate of drug-likeness (QED) is 0.833. The molecule has 0 radical (unpaired) electrons. The number of hydrogen-bond acceptors (Lipinski definition) is 2. The molecular weight excluding hydrogens is 198 g/mol. The van der Waals surface area contributed by atoms with Crippen LogP contribution < -0.4 is 5.32 Å². The van der Waals surface area contributed by atoms with Gasteiger partial charge in [0.15, 0.2) is 0 Å². The zero-order valence-corrected chi connectivity index (χ0v) is 9.73. The molecule has 0 fully saturated rings. The fourth-order valence-corrected chi connectivity index (χ4v) is 1.60. The van der Waals surface area contributed by atoms with E-state index in [4.69, 9.17) is 4.42 Å². The van der Waals surface area contributed by atoms with Crippen molar-refractivity contribution in [3.05, 3.63) is 42.7 Å². The van der Waals surface area contributed by atoms with E-state index in [0.717, 1.165) is 23.6 Å². The molecule has 1 aromatic carbocycles. The van der Waals surface area contributed by atoms with Crippen molar-refractivity contribution in [1.82, 2.24) is 0 Å². The standard InChI is InChI=1S/C14H17NO/c1-11(2)10-15-13-7-4-3-6-12(13)14-8-5-9-16-14/h3-9,11,15H,10H2,1-2H3. The third-order valence-corrected chi connectivity index (χ3v) is 2.41. The van der Waals surface area contributed by atoms with Gasteiger partial charge in [0, 0.05) is 17.8 Å². The molecule has 0 aliphatic rings. The summed E-state index contributed by atoms with van der Waals surface area (Å²) in [6.45, 7) is 5.36. The second-order valence-corrected chi connectivity index (χ2v) is 4.30. The van der Waals surface area contributed by atoms with Crippen molar-refractivity contribution >= 4 is 5.69 Å². The molecule has 0 saturated heterocycles. The summed E-state index contributed by atoms with van der Waals surface area (Å²) in [6.07, 6.45) is 1.70. The van der Waals surface area contributed by atoms with Crippen LogP contribution in [-0.2, 0) is 0 Å².